The Morgan fingerprint density at radius 2 is 1.67 bits per heavy atom. The number of aliphatic hydroxyl groups is 3. The Balaban J connectivity index is 2.34. The molecule has 0 saturated heterocycles. The van der Waals surface area contributed by atoms with Gasteiger partial charge in [0.05, 0.1) is 18.3 Å². The lowest BCUT2D eigenvalue weighted by Crippen LogP contribution is -2.20. The van der Waals surface area contributed by atoms with Gasteiger partial charge >= 0.3 is 5.97 Å². The zero-order valence-corrected chi connectivity index (χ0v) is 16.2. The highest BCUT2D eigenvalue weighted by atomic mass is 16.4. The fourth-order valence-corrected chi connectivity index (χ4v) is 3.22. The average molecular weight is 379 g/mol. The largest absolute Gasteiger partial charge is 0.481 e. The van der Waals surface area contributed by atoms with Gasteiger partial charge < -0.3 is 20.4 Å². The molecule has 0 amide bonds. The highest BCUT2D eigenvalue weighted by Gasteiger charge is 2.39. The van der Waals surface area contributed by atoms with Crippen LogP contribution in [0.15, 0.2) is 48.6 Å². The lowest BCUT2D eigenvalue weighted by molar-refractivity contribution is -0.136. The van der Waals surface area contributed by atoms with Crippen molar-refractivity contribution >= 4 is 5.97 Å². The van der Waals surface area contributed by atoms with Gasteiger partial charge in [0.15, 0.2) is 0 Å². The molecule has 0 heterocycles. The van der Waals surface area contributed by atoms with Crippen LogP contribution < -0.4 is 0 Å². The second-order valence-electron chi connectivity index (χ2n) is 7.03. The number of hydrogen-bond acceptors (Lipinski definition) is 4. The van der Waals surface area contributed by atoms with Gasteiger partial charge in [0.1, 0.15) is 0 Å². The first kappa shape index (κ1) is 23.3. The van der Waals surface area contributed by atoms with E-state index in [0.717, 1.165) is 12.8 Å². The molecule has 0 aromatic heterocycles. The third-order valence-electron chi connectivity index (χ3n) is 4.87. The van der Waals surface area contributed by atoms with Crippen LogP contribution in [-0.4, -0.2) is 44.7 Å². The summed E-state index contributed by atoms with van der Waals surface area (Å²) in [6, 6.07) is 0. The molecule has 1 aliphatic carbocycles. The van der Waals surface area contributed by atoms with Crippen LogP contribution in [0.4, 0.5) is 0 Å². The number of carboxylic acid groups (broad SMARTS) is 1. The third kappa shape index (κ3) is 9.70. The van der Waals surface area contributed by atoms with Gasteiger partial charge in [-0.15, -0.1) is 0 Å². The summed E-state index contributed by atoms with van der Waals surface area (Å²) in [5, 5.41) is 38.5. The number of carbonyl (C=O) groups is 1. The molecule has 0 aromatic rings. The van der Waals surface area contributed by atoms with Crippen molar-refractivity contribution in [2.24, 2.45) is 11.8 Å². The minimum absolute atomic E-state index is 0.0299. The van der Waals surface area contributed by atoms with Crippen molar-refractivity contribution < 1.29 is 25.2 Å². The van der Waals surface area contributed by atoms with Crippen molar-refractivity contribution in [2.45, 2.75) is 70.2 Å². The van der Waals surface area contributed by atoms with Gasteiger partial charge in [0, 0.05) is 18.8 Å². The number of allylic oxidation sites excluding steroid dienone is 6. The van der Waals surface area contributed by atoms with E-state index in [1.54, 1.807) is 6.08 Å². The molecule has 5 heteroatoms. The Morgan fingerprint density at radius 1 is 1.04 bits per heavy atom. The molecule has 152 valence electrons. The molecule has 5 atom stereocenters. The van der Waals surface area contributed by atoms with Crippen LogP contribution in [0.25, 0.3) is 0 Å². The Kier molecular flexibility index (Phi) is 11.7. The molecule has 0 aliphatic heterocycles. The predicted octanol–water partition coefficient (Wildman–Crippen LogP) is 3.38. The van der Waals surface area contributed by atoms with Crippen molar-refractivity contribution in [3.63, 3.8) is 0 Å². The second kappa shape index (κ2) is 13.5. The summed E-state index contributed by atoms with van der Waals surface area (Å²) >= 11 is 0. The standard InChI is InChI=1S/C22H34O5/c1-2-17(23)14-15-19-18(20(24)16-21(19)25)12-10-8-6-4-3-5-7-9-11-13-22(26)27/h3-4,7-10,14-15,17-21,23-25H,2,5-6,11-13,16H2,1H3,(H,26,27)/b4-3-,9-7-,10-8-,15-14+/t17-,18-,19+,20+,21-/m1/s1. The van der Waals surface area contributed by atoms with E-state index < -0.39 is 24.3 Å². The minimum Gasteiger partial charge on any atom is -0.481 e. The van der Waals surface area contributed by atoms with E-state index in [1.807, 2.05) is 49.5 Å². The molecule has 0 spiro atoms. The van der Waals surface area contributed by atoms with E-state index in [1.165, 1.54) is 0 Å². The Bertz CT molecular complexity index is 535. The molecule has 0 unspecified atom stereocenters. The molecule has 27 heavy (non-hydrogen) atoms. The number of carboxylic acids is 1. The molecule has 0 bridgehead atoms. The average Bonchev–Trinajstić information content (AvgIpc) is 2.90. The van der Waals surface area contributed by atoms with Crippen molar-refractivity contribution in [3.8, 4) is 0 Å². The summed E-state index contributed by atoms with van der Waals surface area (Å²) in [5.41, 5.74) is 0. The summed E-state index contributed by atoms with van der Waals surface area (Å²) < 4.78 is 0. The lowest BCUT2D eigenvalue weighted by Gasteiger charge is -2.19. The van der Waals surface area contributed by atoms with Crippen LogP contribution >= 0.6 is 0 Å². The quantitative estimate of drug-likeness (QED) is 0.390. The van der Waals surface area contributed by atoms with Gasteiger partial charge in [-0.1, -0.05) is 55.5 Å². The molecular formula is C22H34O5. The monoisotopic (exact) mass is 378 g/mol. The van der Waals surface area contributed by atoms with E-state index in [2.05, 4.69) is 0 Å². The molecule has 1 fully saturated rings. The van der Waals surface area contributed by atoms with E-state index in [4.69, 9.17) is 5.11 Å². The van der Waals surface area contributed by atoms with Gasteiger partial charge in [-0.3, -0.25) is 4.79 Å². The summed E-state index contributed by atoms with van der Waals surface area (Å²) in [6.07, 6.45) is 18.0. The zero-order valence-electron chi connectivity index (χ0n) is 16.2. The normalized spacial score (nSPS) is 27.6. The third-order valence-corrected chi connectivity index (χ3v) is 4.87. The first-order valence-electron chi connectivity index (χ1n) is 9.85. The van der Waals surface area contributed by atoms with Gasteiger partial charge in [0.25, 0.3) is 0 Å². The molecule has 1 saturated carbocycles. The van der Waals surface area contributed by atoms with Crippen molar-refractivity contribution in [3.05, 3.63) is 48.6 Å². The minimum atomic E-state index is -0.778. The number of aliphatic hydroxyl groups excluding tert-OH is 3. The maximum absolute atomic E-state index is 10.4. The SMILES string of the molecule is CC[C@@H](O)/C=C/[C@H]1[C@@H](C/C=C\C/C=C\C/C=C\CCC(=O)O)[C@@H](O)C[C@H]1O. The Hall–Kier alpha value is -1.69. The fourth-order valence-electron chi connectivity index (χ4n) is 3.22. The van der Waals surface area contributed by atoms with Crippen LogP contribution in [0, 0.1) is 11.8 Å². The van der Waals surface area contributed by atoms with Crippen LogP contribution in [0.3, 0.4) is 0 Å². The predicted molar refractivity (Wildman–Crippen MR) is 107 cm³/mol. The Morgan fingerprint density at radius 3 is 2.30 bits per heavy atom. The summed E-state index contributed by atoms with van der Waals surface area (Å²) in [7, 11) is 0. The molecular weight excluding hydrogens is 344 g/mol. The van der Waals surface area contributed by atoms with Crippen LogP contribution in [0.1, 0.15) is 51.9 Å². The summed E-state index contributed by atoms with van der Waals surface area (Å²) in [6.45, 7) is 1.90. The molecule has 1 rings (SSSR count). The van der Waals surface area contributed by atoms with Crippen LogP contribution in [0.2, 0.25) is 0 Å². The topological polar surface area (TPSA) is 98.0 Å². The van der Waals surface area contributed by atoms with Crippen LogP contribution in [-0.2, 0) is 4.79 Å². The molecule has 0 aromatic carbocycles. The first-order valence-corrected chi connectivity index (χ1v) is 9.85. The second-order valence-corrected chi connectivity index (χ2v) is 7.03. The number of rotatable bonds is 12. The lowest BCUT2D eigenvalue weighted by atomic mass is 9.89. The maximum Gasteiger partial charge on any atom is 0.303 e. The van der Waals surface area contributed by atoms with Gasteiger partial charge in [-0.25, -0.2) is 0 Å². The van der Waals surface area contributed by atoms with Crippen LogP contribution in [0.5, 0.6) is 0 Å². The molecule has 1 aliphatic rings. The summed E-state index contributed by atoms with van der Waals surface area (Å²) in [4.78, 5) is 10.4. The van der Waals surface area contributed by atoms with E-state index in [9.17, 15) is 20.1 Å². The van der Waals surface area contributed by atoms with E-state index in [0.29, 0.717) is 25.7 Å². The van der Waals surface area contributed by atoms with Crippen molar-refractivity contribution in [1.29, 1.82) is 0 Å². The Labute approximate surface area is 162 Å². The fraction of sp³-hybridized carbons (Fsp3) is 0.591. The van der Waals surface area contributed by atoms with Crippen molar-refractivity contribution in [2.75, 3.05) is 0 Å². The summed E-state index contributed by atoms with van der Waals surface area (Å²) in [5.74, 6) is -0.936. The maximum atomic E-state index is 10.4. The first-order chi connectivity index (χ1) is 13.0. The van der Waals surface area contributed by atoms with E-state index in [-0.39, 0.29) is 18.3 Å². The van der Waals surface area contributed by atoms with Crippen molar-refractivity contribution in [1.82, 2.24) is 0 Å². The van der Waals surface area contributed by atoms with Gasteiger partial charge in [-0.05, 0) is 38.0 Å². The van der Waals surface area contributed by atoms with E-state index >= 15 is 0 Å². The number of aliphatic carboxylic acids is 1. The molecule has 5 nitrogen and oxygen atoms in total. The van der Waals surface area contributed by atoms with Gasteiger partial charge in [-0.2, -0.15) is 0 Å². The highest BCUT2D eigenvalue weighted by Crippen LogP contribution is 2.36. The zero-order chi connectivity index (χ0) is 20.1. The highest BCUT2D eigenvalue weighted by molar-refractivity contribution is 5.66. The van der Waals surface area contributed by atoms with Gasteiger partial charge in [0.2, 0.25) is 0 Å². The smallest absolute Gasteiger partial charge is 0.303 e. The number of hydrogen-bond donors (Lipinski definition) is 4. The molecule has 4 N–H and O–H groups in total. The molecule has 0 radical (unpaired) electrons.